The molecule has 0 spiro atoms. The van der Waals surface area contributed by atoms with Gasteiger partial charge in [0.05, 0.1) is 23.3 Å². The third kappa shape index (κ3) is 9.87. The normalized spacial score (nSPS) is 12.7. The maximum atomic E-state index is 12.8. The number of carbonyl (C=O) groups excluding carboxylic acids is 1. The minimum Gasteiger partial charge on any atom is -0.481 e. The number of carboxylic acids is 1. The number of aliphatic carboxylic acids is 1. The Kier molecular flexibility index (Phi) is 10.1. The zero-order chi connectivity index (χ0) is 26.2. The second-order valence-electron chi connectivity index (χ2n) is 9.21. The Morgan fingerprint density at radius 2 is 1.77 bits per heavy atom. The van der Waals surface area contributed by atoms with Crippen molar-refractivity contribution in [1.29, 1.82) is 0 Å². The fraction of sp³-hybridized carbons (Fsp3) is 0.440. The molecule has 0 aromatic heterocycles. The molecule has 1 atom stereocenters. The Morgan fingerprint density at radius 1 is 1.11 bits per heavy atom. The first-order valence-corrected chi connectivity index (χ1v) is 13.2. The summed E-state index contributed by atoms with van der Waals surface area (Å²) in [6.45, 7) is 5.49. The van der Waals surface area contributed by atoms with E-state index in [-0.39, 0.29) is 36.6 Å². The summed E-state index contributed by atoms with van der Waals surface area (Å²) in [5.74, 6) is -1.28. The van der Waals surface area contributed by atoms with Gasteiger partial charge in [0.1, 0.15) is 5.60 Å². The molecule has 2 aromatic carbocycles. The van der Waals surface area contributed by atoms with E-state index in [2.05, 4.69) is 0 Å². The standard InChI is InChI=1S/C25H32ClNO7S/c1-25(2,3)34-24(31)27(17-22(28)19-6-4-7-20(26)16-19)14-13-18-9-11-21(12-10-18)35(32,33)15-5-8-23(29)30/h4,6-7,9-12,16,22,28H,5,8,13-15,17H2,1-3H3,(H,29,30)/t22-/m1/s1. The SMILES string of the molecule is CC(C)(C)OC(=O)N(CCc1ccc(S(=O)(=O)CCCC(=O)O)cc1)C[C@@H](O)c1cccc(Cl)c1. The highest BCUT2D eigenvalue weighted by atomic mass is 35.5. The van der Waals surface area contributed by atoms with Crippen LogP contribution >= 0.6 is 11.6 Å². The maximum Gasteiger partial charge on any atom is 0.410 e. The minimum absolute atomic E-state index is 0.00864. The van der Waals surface area contributed by atoms with Gasteiger partial charge in [0.15, 0.2) is 9.84 Å². The monoisotopic (exact) mass is 525 g/mol. The van der Waals surface area contributed by atoms with Crippen molar-refractivity contribution in [2.45, 2.75) is 56.6 Å². The van der Waals surface area contributed by atoms with Crippen LogP contribution in [0.1, 0.15) is 50.8 Å². The largest absolute Gasteiger partial charge is 0.481 e. The summed E-state index contributed by atoms with van der Waals surface area (Å²) >= 11 is 6.02. The van der Waals surface area contributed by atoms with E-state index in [4.69, 9.17) is 21.4 Å². The molecule has 0 radical (unpaired) electrons. The molecule has 8 nitrogen and oxygen atoms in total. The Morgan fingerprint density at radius 3 is 2.34 bits per heavy atom. The van der Waals surface area contributed by atoms with E-state index in [1.54, 1.807) is 57.2 Å². The lowest BCUT2D eigenvalue weighted by Crippen LogP contribution is -2.40. The molecule has 0 aliphatic carbocycles. The molecule has 0 heterocycles. The Balaban J connectivity index is 2.09. The summed E-state index contributed by atoms with van der Waals surface area (Å²) < 4.78 is 30.3. The van der Waals surface area contributed by atoms with Gasteiger partial charge in [0.2, 0.25) is 0 Å². The van der Waals surface area contributed by atoms with Crippen LogP contribution in [0, 0.1) is 0 Å². The molecule has 192 valence electrons. The van der Waals surface area contributed by atoms with E-state index < -0.39 is 33.6 Å². The zero-order valence-corrected chi connectivity index (χ0v) is 21.7. The number of hydrogen-bond donors (Lipinski definition) is 2. The van der Waals surface area contributed by atoms with Crippen molar-refractivity contribution in [3.63, 3.8) is 0 Å². The average molecular weight is 526 g/mol. The Labute approximate surface area is 211 Å². The summed E-state index contributed by atoms with van der Waals surface area (Å²) in [6, 6.07) is 13.0. The van der Waals surface area contributed by atoms with Gasteiger partial charge in [-0.3, -0.25) is 4.79 Å². The van der Waals surface area contributed by atoms with Crippen molar-refractivity contribution in [2.75, 3.05) is 18.8 Å². The van der Waals surface area contributed by atoms with E-state index in [1.165, 1.54) is 17.0 Å². The van der Waals surface area contributed by atoms with Crippen molar-refractivity contribution in [3.8, 4) is 0 Å². The van der Waals surface area contributed by atoms with Crippen LogP contribution in [0.25, 0.3) is 0 Å². The number of aliphatic hydroxyl groups is 1. The van der Waals surface area contributed by atoms with E-state index in [1.807, 2.05) is 0 Å². The average Bonchev–Trinajstić information content (AvgIpc) is 2.75. The lowest BCUT2D eigenvalue weighted by molar-refractivity contribution is -0.137. The van der Waals surface area contributed by atoms with Crippen LogP contribution in [0.5, 0.6) is 0 Å². The number of aliphatic hydroxyl groups excluding tert-OH is 1. The Hall–Kier alpha value is -2.62. The molecule has 0 unspecified atom stereocenters. The molecule has 2 rings (SSSR count). The predicted octanol–water partition coefficient (Wildman–Crippen LogP) is 4.49. The van der Waals surface area contributed by atoms with E-state index in [9.17, 15) is 23.1 Å². The molecule has 0 aliphatic heterocycles. The highest BCUT2D eigenvalue weighted by Crippen LogP contribution is 2.21. The fourth-order valence-electron chi connectivity index (χ4n) is 3.27. The number of rotatable bonds is 11. The van der Waals surface area contributed by atoms with Crippen molar-refractivity contribution in [1.82, 2.24) is 4.90 Å². The van der Waals surface area contributed by atoms with Crippen molar-refractivity contribution in [3.05, 3.63) is 64.7 Å². The Bertz CT molecular complexity index is 1110. The highest BCUT2D eigenvalue weighted by Gasteiger charge is 2.25. The van der Waals surface area contributed by atoms with Gasteiger partial charge in [-0.1, -0.05) is 35.9 Å². The number of hydrogen-bond acceptors (Lipinski definition) is 6. The van der Waals surface area contributed by atoms with Gasteiger partial charge in [-0.05, 0) is 69.0 Å². The van der Waals surface area contributed by atoms with Gasteiger partial charge in [-0.25, -0.2) is 13.2 Å². The van der Waals surface area contributed by atoms with E-state index in [0.717, 1.165) is 5.56 Å². The molecule has 0 saturated carbocycles. The number of sulfone groups is 1. The number of carbonyl (C=O) groups is 2. The quantitative estimate of drug-likeness (QED) is 0.443. The second kappa shape index (κ2) is 12.4. The smallest absolute Gasteiger partial charge is 0.410 e. The second-order valence-corrected chi connectivity index (χ2v) is 11.8. The molecule has 0 aliphatic rings. The van der Waals surface area contributed by atoms with Crippen LogP contribution in [0.15, 0.2) is 53.4 Å². The van der Waals surface area contributed by atoms with E-state index in [0.29, 0.717) is 17.0 Å². The van der Waals surface area contributed by atoms with Crippen LogP contribution in [0.4, 0.5) is 4.79 Å². The lowest BCUT2D eigenvalue weighted by Gasteiger charge is -2.29. The van der Waals surface area contributed by atoms with Gasteiger partial charge >= 0.3 is 12.1 Å². The molecular weight excluding hydrogens is 494 g/mol. The molecule has 0 saturated heterocycles. The predicted molar refractivity (Wildman–Crippen MR) is 133 cm³/mol. The van der Waals surface area contributed by atoms with E-state index >= 15 is 0 Å². The van der Waals surface area contributed by atoms with Crippen LogP contribution in [-0.2, 0) is 25.8 Å². The molecule has 0 bridgehead atoms. The van der Waals surface area contributed by atoms with Gasteiger partial charge in [0.25, 0.3) is 0 Å². The highest BCUT2D eigenvalue weighted by molar-refractivity contribution is 7.91. The number of nitrogens with zero attached hydrogens (tertiary/aromatic N) is 1. The maximum absolute atomic E-state index is 12.8. The molecule has 10 heteroatoms. The number of ether oxygens (including phenoxy) is 1. The van der Waals surface area contributed by atoms with Gasteiger partial charge in [0, 0.05) is 18.0 Å². The zero-order valence-electron chi connectivity index (χ0n) is 20.1. The van der Waals surface area contributed by atoms with Gasteiger partial charge < -0.3 is 19.8 Å². The van der Waals surface area contributed by atoms with Crippen LogP contribution in [0.2, 0.25) is 5.02 Å². The first kappa shape index (κ1) is 28.6. The van der Waals surface area contributed by atoms with Gasteiger partial charge in [-0.15, -0.1) is 0 Å². The third-order valence-corrected chi connectivity index (χ3v) is 7.09. The number of carboxylic acid groups (broad SMARTS) is 1. The number of halogens is 1. The molecular formula is C25H32ClNO7S. The summed E-state index contributed by atoms with van der Waals surface area (Å²) in [6.07, 6.45) is -1.31. The first-order chi connectivity index (χ1) is 16.3. The summed E-state index contributed by atoms with van der Waals surface area (Å²) in [7, 11) is -3.58. The molecule has 2 N–H and O–H groups in total. The summed E-state index contributed by atoms with van der Waals surface area (Å²) in [5.41, 5.74) is 0.649. The third-order valence-electron chi connectivity index (χ3n) is 5.04. The van der Waals surface area contributed by atoms with Crippen molar-refractivity contribution >= 4 is 33.5 Å². The molecule has 35 heavy (non-hydrogen) atoms. The van der Waals surface area contributed by atoms with Crippen LogP contribution < -0.4 is 0 Å². The summed E-state index contributed by atoms with van der Waals surface area (Å²) in [4.78, 5) is 24.9. The molecule has 0 fully saturated rings. The first-order valence-electron chi connectivity index (χ1n) is 11.2. The van der Waals surface area contributed by atoms with Crippen LogP contribution in [-0.4, -0.2) is 60.0 Å². The summed E-state index contributed by atoms with van der Waals surface area (Å²) in [5, 5.41) is 19.9. The number of benzene rings is 2. The van der Waals surface area contributed by atoms with Crippen molar-refractivity contribution < 1.29 is 33.0 Å². The minimum atomic E-state index is -3.58. The fourth-order valence-corrected chi connectivity index (χ4v) is 4.78. The van der Waals surface area contributed by atoms with Crippen molar-refractivity contribution in [2.24, 2.45) is 0 Å². The lowest BCUT2D eigenvalue weighted by atomic mass is 10.1. The number of amides is 1. The van der Waals surface area contributed by atoms with Crippen LogP contribution in [0.3, 0.4) is 0 Å². The molecule has 1 amide bonds. The topological polar surface area (TPSA) is 121 Å². The molecule has 2 aromatic rings. The van der Waals surface area contributed by atoms with Gasteiger partial charge in [-0.2, -0.15) is 0 Å².